The third-order valence-electron chi connectivity index (χ3n) is 2.94. The molecule has 3 rings (SSSR count). The molecule has 0 saturated carbocycles. The van der Waals surface area contributed by atoms with Crippen LogP contribution in [0.4, 0.5) is 0 Å². The second-order valence-corrected chi connectivity index (χ2v) is 5.35. The number of nitrogens with one attached hydrogen (secondary N) is 2. The van der Waals surface area contributed by atoms with Crippen LogP contribution in [0.25, 0.3) is 11.2 Å². The Morgan fingerprint density at radius 2 is 1.95 bits per heavy atom. The van der Waals surface area contributed by atoms with Crippen LogP contribution in [0.5, 0.6) is 0 Å². The molecule has 1 aromatic carbocycles. The highest BCUT2D eigenvalue weighted by molar-refractivity contribution is 7.98. The first kappa shape index (κ1) is 12.9. The summed E-state index contributed by atoms with van der Waals surface area (Å²) in [7, 11) is 0. The summed E-state index contributed by atoms with van der Waals surface area (Å²) in [6.45, 7) is 1.98. The Morgan fingerprint density at radius 1 is 1.15 bits per heavy atom. The minimum Gasteiger partial charge on any atom is -0.336 e. The minimum atomic E-state index is -0.169. The third-order valence-corrected chi connectivity index (χ3v) is 3.89. The Kier molecular flexibility index (Phi) is 3.56. The Labute approximate surface area is 119 Å². The zero-order chi connectivity index (χ0) is 13.9. The molecule has 0 bridgehead atoms. The molecule has 0 aliphatic rings. The molecule has 2 N–H and O–H groups in total. The Morgan fingerprint density at radius 3 is 2.70 bits per heavy atom. The van der Waals surface area contributed by atoms with Crippen molar-refractivity contribution in [1.29, 1.82) is 0 Å². The summed E-state index contributed by atoms with van der Waals surface area (Å²) in [4.78, 5) is 26.4. The van der Waals surface area contributed by atoms with Crippen molar-refractivity contribution < 1.29 is 0 Å². The van der Waals surface area contributed by atoms with Crippen molar-refractivity contribution in [2.24, 2.45) is 0 Å². The fraction of sp³-hybridized carbons (Fsp3) is 0.214. The molecule has 0 atom stereocenters. The first-order chi connectivity index (χ1) is 9.76. The molecule has 102 valence electrons. The van der Waals surface area contributed by atoms with E-state index >= 15 is 0 Å². The maximum Gasteiger partial charge on any atom is 0.277 e. The second kappa shape index (κ2) is 5.50. The summed E-state index contributed by atoms with van der Waals surface area (Å²) in [5.41, 5.74) is 1.96. The quantitative estimate of drug-likeness (QED) is 0.571. The molecule has 3 aromatic rings. The monoisotopic (exact) mass is 286 g/mol. The van der Waals surface area contributed by atoms with E-state index < -0.39 is 0 Å². The number of benzene rings is 1. The predicted molar refractivity (Wildman–Crippen MR) is 79.9 cm³/mol. The van der Waals surface area contributed by atoms with E-state index in [1.54, 1.807) is 0 Å². The van der Waals surface area contributed by atoms with Crippen LogP contribution in [0.1, 0.15) is 18.3 Å². The van der Waals surface area contributed by atoms with Crippen molar-refractivity contribution >= 4 is 22.9 Å². The van der Waals surface area contributed by atoms with Gasteiger partial charge in [-0.15, -0.1) is 0 Å². The summed E-state index contributed by atoms with van der Waals surface area (Å²) in [6.07, 6.45) is 0.752. The maximum absolute atomic E-state index is 12.0. The van der Waals surface area contributed by atoms with Gasteiger partial charge in [-0.3, -0.25) is 9.78 Å². The number of aryl methyl sites for hydroxylation is 1. The van der Waals surface area contributed by atoms with E-state index in [1.807, 2.05) is 37.3 Å². The molecule has 20 heavy (non-hydrogen) atoms. The van der Waals surface area contributed by atoms with Gasteiger partial charge in [0.25, 0.3) is 5.56 Å². The SMILES string of the molecule is CCc1nc2nc(SCc3ccccc3)[nH]c(=O)c2[nH]1. The van der Waals surface area contributed by atoms with E-state index in [0.717, 1.165) is 18.0 Å². The van der Waals surface area contributed by atoms with Crippen molar-refractivity contribution in [2.75, 3.05) is 0 Å². The molecule has 0 radical (unpaired) electrons. The Hall–Kier alpha value is -2.08. The summed E-state index contributed by atoms with van der Waals surface area (Å²) in [5, 5.41) is 0.598. The number of aromatic nitrogens is 4. The molecule has 0 aliphatic carbocycles. The number of hydrogen-bond acceptors (Lipinski definition) is 4. The van der Waals surface area contributed by atoms with Gasteiger partial charge in [-0.25, -0.2) is 9.97 Å². The average Bonchev–Trinajstić information content (AvgIpc) is 2.90. The van der Waals surface area contributed by atoms with E-state index in [4.69, 9.17) is 0 Å². The van der Waals surface area contributed by atoms with E-state index in [0.29, 0.717) is 16.3 Å². The molecule has 5 nitrogen and oxygen atoms in total. The summed E-state index contributed by atoms with van der Waals surface area (Å²) in [6, 6.07) is 10.1. The molecule has 2 heterocycles. The van der Waals surface area contributed by atoms with E-state index in [9.17, 15) is 4.79 Å². The lowest BCUT2D eigenvalue weighted by Gasteiger charge is -2.00. The van der Waals surface area contributed by atoms with Gasteiger partial charge in [0.1, 0.15) is 5.82 Å². The number of hydrogen-bond donors (Lipinski definition) is 2. The van der Waals surface area contributed by atoms with Gasteiger partial charge in [-0.2, -0.15) is 0 Å². The largest absolute Gasteiger partial charge is 0.336 e. The van der Waals surface area contributed by atoms with Crippen LogP contribution in [0.3, 0.4) is 0 Å². The van der Waals surface area contributed by atoms with Crippen LogP contribution >= 0.6 is 11.8 Å². The number of imidazole rings is 1. The van der Waals surface area contributed by atoms with E-state index in [1.165, 1.54) is 17.3 Å². The molecule has 0 fully saturated rings. The number of thioether (sulfide) groups is 1. The number of H-pyrrole nitrogens is 2. The lowest BCUT2D eigenvalue weighted by Crippen LogP contribution is -2.09. The van der Waals surface area contributed by atoms with Crippen LogP contribution in [0, 0.1) is 0 Å². The van der Waals surface area contributed by atoms with Crippen molar-refractivity contribution in [3.8, 4) is 0 Å². The van der Waals surface area contributed by atoms with Crippen molar-refractivity contribution in [3.63, 3.8) is 0 Å². The van der Waals surface area contributed by atoms with Crippen LogP contribution in [0.2, 0.25) is 0 Å². The molecule has 0 unspecified atom stereocenters. The van der Waals surface area contributed by atoms with Gasteiger partial charge in [0.15, 0.2) is 16.3 Å². The van der Waals surface area contributed by atoms with Gasteiger partial charge >= 0.3 is 0 Å². The fourth-order valence-corrected chi connectivity index (χ4v) is 2.71. The van der Waals surface area contributed by atoms with Gasteiger partial charge in [0.05, 0.1) is 0 Å². The first-order valence-electron chi connectivity index (χ1n) is 6.42. The third kappa shape index (κ3) is 2.60. The highest BCUT2D eigenvalue weighted by Crippen LogP contribution is 2.19. The van der Waals surface area contributed by atoms with Gasteiger partial charge in [-0.1, -0.05) is 49.0 Å². The second-order valence-electron chi connectivity index (χ2n) is 4.38. The summed E-state index contributed by atoms with van der Waals surface area (Å²) >= 11 is 1.50. The molecule has 0 amide bonds. The van der Waals surface area contributed by atoms with E-state index in [2.05, 4.69) is 19.9 Å². The van der Waals surface area contributed by atoms with Crippen LogP contribution in [-0.2, 0) is 12.2 Å². The summed E-state index contributed by atoms with van der Waals surface area (Å²) < 4.78 is 0. The Balaban J connectivity index is 1.87. The fourth-order valence-electron chi connectivity index (χ4n) is 1.90. The van der Waals surface area contributed by atoms with E-state index in [-0.39, 0.29) is 5.56 Å². The average molecular weight is 286 g/mol. The number of rotatable bonds is 4. The standard InChI is InChI=1S/C14H14N4OS/c1-2-10-15-11-12(16-10)17-14(18-13(11)19)20-8-9-6-4-3-5-7-9/h3-7H,2,8H2,1H3,(H2,15,16,17,18,19). The van der Waals surface area contributed by atoms with Crippen LogP contribution in [-0.4, -0.2) is 19.9 Å². The minimum absolute atomic E-state index is 0.169. The molecule has 0 aliphatic heterocycles. The number of aromatic amines is 2. The molecule has 6 heteroatoms. The highest BCUT2D eigenvalue weighted by atomic mass is 32.2. The lowest BCUT2D eigenvalue weighted by molar-refractivity contribution is 0.962. The lowest BCUT2D eigenvalue weighted by atomic mass is 10.2. The number of fused-ring (bicyclic) bond motifs is 1. The van der Waals surface area contributed by atoms with Gasteiger partial charge < -0.3 is 4.98 Å². The zero-order valence-corrected chi connectivity index (χ0v) is 11.8. The smallest absolute Gasteiger partial charge is 0.277 e. The van der Waals surface area contributed by atoms with Crippen LogP contribution < -0.4 is 5.56 Å². The first-order valence-corrected chi connectivity index (χ1v) is 7.40. The van der Waals surface area contributed by atoms with Gasteiger partial charge in [-0.05, 0) is 5.56 Å². The Bertz CT molecular complexity index is 779. The topological polar surface area (TPSA) is 74.4 Å². The molecule has 0 saturated heterocycles. The normalized spacial score (nSPS) is 11.1. The summed E-state index contributed by atoms with van der Waals surface area (Å²) in [5.74, 6) is 1.54. The van der Waals surface area contributed by atoms with Gasteiger partial charge in [0, 0.05) is 12.2 Å². The van der Waals surface area contributed by atoms with Crippen molar-refractivity contribution in [3.05, 3.63) is 52.1 Å². The van der Waals surface area contributed by atoms with Gasteiger partial charge in [0.2, 0.25) is 0 Å². The number of nitrogens with zero attached hydrogens (tertiary/aromatic N) is 2. The predicted octanol–water partition coefficient (Wildman–Crippen LogP) is 2.50. The van der Waals surface area contributed by atoms with Crippen molar-refractivity contribution in [1.82, 2.24) is 19.9 Å². The zero-order valence-electron chi connectivity index (χ0n) is 11.0. The molecular formula is C14H14N4OS. The molecule has 0 spiro atoms. The molecule has 2 aromatic heterocycles. The van der Waals surface area contributed by atoms with Crippen molar-refractivity contribution in [2.45, 2.75) is 24.3 Å². The van der Waals surface area contributed by atoms with Crippen LogP contribution in [0.15, 0.2) is 40.3 Å². The molecular weight excluding hydrogens is 272 g/mol. The highest BCUT2D eigenvalue weighted by Gasteiger charge is 2.09. The maximum atomic E-state index is 12.0.